The summed E-state index contributed by atoms with van der Waals surface area (Å²) < 4.78 is 0. The number of hydrogen-bond donors (Lipinski definition) is 0. The standard InChI is InChI=1S/C10H21.C2H6OSi.Mg/c1-5-6-7-8-9-10(2,3)4;1-4(2)3;/h1,5-9H2,2-4H3;1-2H3;/q2*-1;+2. The third-order valence-electron chi connectivity index (χ3n) is 1.68. The SMILES string of the molecule is C[Si](C)[O-].[CH2-]CCCCCC(C)(C)C.[Mg+2]. The van der Waals surface area contributed by atoms with Crippen LogP contribution < -0.4 is 4.80 Å². The molecule has 15 heavy (non-hydrogen) atoms. The first-order valence-electron chi connectivity index (χ1n) is 5.56. The first kappa shape index (κ1) is 21.3. The predicted octanol–water partition coefficient (Wildman–Crippen LogP) is 3.03. The van der Waals surface area contributed by atoms with Crippen molar-refractivity contribution in [2.24, 2.45) is 5.41 Å². The van der Waals surface area contributed by atoms with Gasteiger partial charge in [0.05, 0.1) is 0 Å². The van der Waals surface area contributed by atoms with Crippen molar-refractivity contribution in [2.75, 3.05) is 0 Å². The molecule has 1 nitrogen and oxygen atoms in total. The summed E-state index contributed by atoms with van der Waals surface area (Å²) in [5.41, 5.74) is 0.529. The topological polar surface area (TPSA) is 23.1 Å². The van der Waals surface area contributed by atoms with Crippen LogP contribution in [-0.2, 0) is 0 Å². The van der Waals surface area contributed by atoms with Crippen LogP contribution in [0, 0.1) is 12.3 Å². The van der Waals surface area contributed by atoms with Crippen LogP contribution in [0.15, 0.2) is 0 Å². The maximum Gasteiger partial charge on any atom is 2.00 e. The van der Waals surface area contributed by atoms with Crippen molar-refractivity contribution in [3.8, 4) is 0 Å². The van der Waals surface area contributed by atoms with E-state index in [1.165, 1.54) is 25.7 Å². The van der Waals surface area contributed by atoms with Crippen LogP contribution in [0.4, 0.5) is 0 Å². The maximum atomic E-state index is 9.63. The summed E-state index contributed by atoms with van der Waals surface area (Å²) in [4.78, 5) is 9.63. The molecular weight excluding hydrogens is 213 g/mol. The van der Waals surface area contributed by atoms with Crippen molar-refractivity contribution in [3.63, 3.8) is 0 Å². The Morgan fingerprint density at radius 1 is 1.07 bits per heavy atom. The van der Waals surface area contributed by atoms with Crippen molar-refractivity contribution in [3.05, 3.63) is 6.92 Å². The Morgan fingerprint density at radius 3 is 1.73 bits per heavy atom. The third-order valence-corrected chi connectivity index (χ3v) is 1.68. The molecule has 0 aromatic rings. The Bertz CT molecular complexity index is 108. The molecular formula is C12H27MgOSi. The summed E-state index contributed by atoms with van der Waals surface area (Å²) in [6.45, 7) is 14.2. The fourth-order valence-corrected chi connectivity index (χ4v) is 1.01. The molecule has 0 spiro atoms. The Kier molecular flexibility index (Phi) is 18.4. The van der Waals surface area contributed by atoms with Gasteiger partial charge in [0, 0.05) is 0 Å². The second-order valence-corrected chi connectivity index (χ2v) is 6.95. The van der Waals surface area contributed by atoms with Gasteiger partial charge in [0.2, 0.25) is 0 Å². The second kappa shape index (κ2) is 13.0. The van der Waals surface area contributed by atoms with Gasteiger partial charge in [0.15, 0.2) is 0 Å². The van der Waals surface area contributed by atoms with Gasteiger partial charge in [-0.05, 0) is 11.8 Å². The minimum absolute atomic E-state index is 0. The van der Waals surface area contributed by atoms with Crippen LogP contribution in [0.1, 0.15) is 52.9 Å². The molecule has 0 atom stereocenters. The molecule has 0 saturated carbocycles. The maximum absolute atomic E-state index is 9.63. The molecule has 0 aromatic carbocycles. The Balaban J connectivity index is -0.000000249. The molecule has 0 rings (SSSR count). The Labute approximate surface area is 115 Å². The first-order valence-corrected chi connectivity index (χ1v) is 7.97. The van der Waals surface area contributed by atoms with E-state index in [0.29, 0.717) is 5.41 Å². The second-order valence-electron chi connectivity index (χ2n) is 5.13. The molecule has 0 N–H and O–H groups in total. The van der Waals surface area contributed by atoms with Crippen LogP contribution in [0.25, 0.3) is 0 Å². The molecule has 0 saturated heterocycles. The number of rotatable bonds is 4. The van der Waals surface area contributed by atoms with E-state index >= 15 is 0 Å². The quantitative estimate of drug-likeness (QED) is 0.420. The average Bonchev–Trinajstić information content (AvgIpc) is 1.95. The Hall–Kier alpha value is 0.943. The molecule has 1 radical (unpaired) electrons. The monoisotopic (exact) mass is 239 g/mol. The van der Waals surface area contributed by atoms with Gasteiger partial charge in [-0.25, -0.2) is 0 Å². The molecule has 0 fully saturated rings. The summed E-state index contributed by atoms with van der Waals surface area (Å²) >= 11 is 0. The van der Waals surface area contributed by atoms with Crippen molar-refractivity contribution >= 4 is 32.1 Å². The minimum atomic E-state index is -1.13. The van der Waals surface area contributed by atoms with Crippen molar-refractivity contribution in [2.45, 2.75) is 66.0 Å². The number of hydrogen-bond acceptors (Lipinski definition) is 1. The van der Waals surface area contributed by atoms with Crippen LogP contribution in [0.2, 0.25) is 13.1 Å². The summed E-state index contributed by atoms with van der Waals surface area (Å²) in [6, 6.07) is 0. The van der Waals surface area contributed by atoms with Gasteiger partial charge in [-0.3, -0.25) is 0 Å². The van der Waals surface area contributed by atoms with Crippen molar-refractivity contribution in [1.82, 2.24) is 0 Å². The molecule has 87 valence electrons. The predicted molar refractivity (Wildman–Crippen MR) is 71.1 cm³/mol. The van der Waals surface area contributed by atoms with E-state index in [1.54, 1.807) is 13.1 Å². The molecule has 0 bridgehead atoms. The van der Waals surface area contributed by atoms with Crippen LogP contribution in [0.3, 0.4) is 0 Å². The van der Waals surface area contributed by atoms with Gasteiger partial charge in [-0.1, -0.05) is 62.2 Å². The molecule has 3 heteroatoms. The van der Waals surface area contributed by atoms with E-state index in [9.17, 15) is 4.80 Å². The Morgan fingerprint density at radius 2 is 1.47 bits per heavy atom. The molecule has 0 aliphatic heterocycles. The van der Waals surface area contributed by atoms with E-state index in [-0.39, 0.29) is 23.1 Å². The van der Waals surface area contributed by atoms with Crippen molar-refractivity contribution in [1.29, 1.82) is 0 Å². The first-order chi connectivity index (χ1) is 6.29. The molecule has 0 aliphatic rings. The van der Waals surface area contributed by atoms with E-state index in [2.05, 4.69) is 27.7 Å². The average molecular weight is 240 g/mol. The fraction of sp³-hybridized carbons (Fsp3) is 0.917. The fourth-order valence-electron chi connectivity index (χ4n) is 1.01. The van der Waals surface area contributed by atoms with Crippen LogP contribution in [-0.4, -0.2) is 32.1 Å². The van der Waals surface area contributed by atoms with Gasteiger partial charge >= 0.3 is 23.1 Å². The van der Waals surface area contributed by atoms with Crippen LogP contribution >= 0.6 is 0 Å². The van der Waals surface area contributed by atoms with Gasteiger partial charge in [-0.2, -0.15) is 6.42 Å². The van der Waals surface area contributed by atoms with Gasteiger partial charge in [0.1, 0.15) is 0 Å². The van der Waals surface area contributed by atoms with Gasteiger partial charge < -0.3 is 11.7 Å². The summed E-state index contributed by atoms with van der Waals surface area (Å²) in [5, 5.41) is 0. The zero-order valence-electron chi connectivity index (χ0n) is 11.4. The van der Waals surface area contributed by atoms with Gasteiger partial charge in [0.25, 0.3) is 0 Å². The van der Waals surface area contributed by atoms with Crippen LogP contribution in [0.5, 0.6) is 0 Å². The van der Waals surface area contributed by atoms with Crippen molar-refractivity contribution < 1.29 is 4.80 Å². The van der Waals surface area contributed by atoms with E-state index in [1.807, 2.05) is 0 Å². The summed E-state index contributed by atoms with van der Waals surface area (Å²) in [6.07, 6.45) is 6.49. The van der Waals surface area contributed by atoms with E-state index in [4.69, 9.17) is 0 Å². The van der Waals surface area contributed by atoms with Gasteiger partial charge in [-0.15, -0.1) is 0 Å². The van der Waals surface area contributed by atoms with E-state index < -0.39 is 9.04 Å². The summed E-state index contributed by atoms with van der Waals surface area (Å²) in [5.74, 6) is 0. The minimum Gasteiger partial charge on any atom is -0.861 e. The largest absolute Gasteiger partial charge is 2.00 e. The molecule has 0 amide bonds. The van der Waals surface area contributed by atoms with E-state index in [0.717, 1.165) is 6.42 Å². The summed E-state index contributed by atoms with van der Waals surface area (Å²) in [7, 11) is -1.13. The number of unbranched alkanes of at least 4 members (excludes halogenated alkanes) is 3. The molecule has 0 aromatic heterocycles. The molecule has 0 unspecified atom stereocenters. The zero-order valence-corrected chi connectivity index (χ0v) is 13.8. The smallest absolute Gasteiger partial charge is 0.861 e. The molecule has 0 heterocycles. The molecule has 0 aliphatic carbocycles. The zero-order chi connectivity index (χ0) is 11.6. The normalized spacial score (nSPS) is 10.4. The third kappa shape index (κ3) is 39.7.